The molecule has 8 nitrogen and oxygen atoms in total. The van der Waals surface area contributed by atoms with Crippen LogP contribution in [0.5, 0.6) is 5.75 Å². The number of allylic oxidation sites excluding steroid dienone is 1. The first-order valence-electron chi connectivity index (χ1n) is 10.4. The fourth-order valence-electron chi connectivity index (χ4n) is 3.89. The average molecular weight is 513 g/mol. The number of benzene rings is 2. The zero-order chi connectivity index (χ0) is 25.3. The molecular weight excluding hydrogens is 492 g/mol. The molecule has 0 aliphatic carbocycles. The third kappa shape index (κ3) is 4.52. The molecule has 1 aliphatic rings. The zero-order valence-corrected chi connectivity index (χ0v) is 20.9. The molecule has 1 aromatic heterocycles. The lowest BCUT2D eigenvalue weighted by Crippen LogP contribution is -2.40. The first kappa shape index (κ1) is 24.4. The van der Waals surface area contributed by atoms with Crippen molar-refractivity contribution in [3.63, 3.8) is 0 Å². The van der Waals surface area contributed by atoms with E-state index in [9.17, 15) is 14.4 Å². The normalized spacial score (nSPS) is 15.3. The summed E-state index contributed by atoms with van der Waals surface area (Å²) in [6.45, 7) is 1.69. The third-order valence-electron chi connectivity index (χ3n) is 5.54. The van der Waals surface area contributed by atoms with Crippen LogP contribution in [0.2, 0.25) is 5.02 Å². The van der Waals surface area contributed by atoms with Crippen LogP contribution in [0.3, 0.4) is 0 Å². The molecule has 0 saturated heterocycles. The summed E-state index contributed by atoms with van der Waals surface area (Å²) in [5.74, 6) is -0.591. The Hall–Kier alpha value is -3.69. The SMILES string of the molecule is COC(=O)C1=C(C)N=c2s/c(=C\c3ccc(C(=O)OC)cc3)c(=O)n2[C@@H]1c1cc(Cl)ccc1OC. The standard InChI is InChI=1S/C25H21ClN2O6S/c1-13-20(24(31)34-4)21(17-12-16(26)9-10-18(17)32-2)28-22(29)19(35-25(28)27-13)11-14-5-7-15(8-6-14)23(30)33-3/h5-12,21H,1-4H3/b19-11-/t21-/m1/s1. The quantitative estimate of drug-likeness (QED) is 0.488. The molecule has 0 spiro atoms. The maximum Gasteiger partial charge on any atom is 0.338 e. The van der Waals surface area contributed by atoms with Gasteiger partial charge < -0.3 is 14.2 Å². The largest absolute Gasteiger partial charge is 0.496 e. The highest BCUT2D eigenvalue weighted by Crippen LogP contribution is 2.37. The summed E-state index contributed by atoms with van der Waals surface area (Å²) in [5, 5.41) is 0.424. The van der Waals surface area contributed by atoms with E-state index in [0.29, 0.717) is 42.5 Å². The van der Waals surface area contributed by atoms with Gasteiger partial charge >= 0.3 is 11.9 Å². The minimum absolute atomic E-state index is 0.217. The van der Waals surface area contributed by atoms with Gasteiger partial charge in [-0.3, -0.25) is 9.36 Å². The van der Waals surface area contributed by atoms with Gasteiger partial charge in [0.05, 0.1) is 42.7 Å². The van der Waals surface area contributed by atoms with Crippen LogP contribution < -0.4 is 19.6 Å². The molecule has 0 saturated carbocycles. The van der Waals surface area contributed by atoms with Gasteiger partial charge in [-0.05, 0) is 48.9 Å². The summed E-state index contributed by atoms with van der Waals surface area (Å²) in [4.78, 5) is 43.1. The van der Waals surface area contributed by atoms with Gasteiger partial charge in [0.1, 0.15) is 11.8 Å². The number of aromatic nitrogens is 1. The van der Waals surface area contributed by atoms with Crippen molar-refractivity contribution in [2.75, 3.05) is 21.3 Å². The molecule has 0 fully saturated rings. The van der Waals surface area contributed by atoms with Crippen LogP contribution in [0.4, 0.5) is 0 Å². The van der Waals surface area contributed by atoms with Gasteiger partial charge in [0.25, 0.3) is 5.56 Å². The number of thiazole rings is 1. The fraction of sp³-hybridized carbons (Fsp3) is 0.200. The first-order valence-corrected chi connectivity index (χ1v) is 11.6. The van der Waals surface area contributed by atoms with Crippen LogP contribution in [0.1, 0.15) is 34.5 Å². The molecule has 180 valence electrons. The number of carbonyl (C=O) groups excluding carboxylic acids is 2. The smallest absolute Gasteiger partial charge is 0.338 e. The minimum Gasteiger partial charge on any atom is -0.496 e. The predicted octanol–water partition coefficient (Wildman–Crippen LogP) is 2.86. The number of carbonyl (C=O) groups is 2. The third-order valence-corrected chi connectivity index (χ3v) is 6.76. The Morgan fingerprint density at radius 3 is 2.37 bits per heavy atom. The summed E-state index contributed by atoms with van der Waals surface area (Å²) in [6.07, 6.45) is 1.70. The molecule has 10 heteroatoms. The van der Waals surface area contributed by atoms with E-state index in [2.05, 4.69) is 4.99 Å². The lowest BCUT2D eigenvalue weighted by molar-refractivity contribution is -0.136. The number of halogens is 1. The average Bonchev–Trinajstić information content (AvgIpc) is 3.16. The number of methoxy groups -OCH3 is 3. The number of esters is 2. The molecule has 0 unspecified atom stereocenters. The number of rotatable bonds is 5. The van der Waals surface area contributed by atoms with Crippen molar-refractivity contribution in [2.45, 2.75) is 13.0 Å². The maximum atomic E-state index is 13.6. The number of hydrogen-bond acceptors (Lipinski definition) is 8. The highest BCUT2D eigenvalue weighted by Gasteiger charge is 2.35. The predicted molar refractivity (Wildman–Crippen MR) is 132 cm³/mol. The van der Waals surface area contributed by atoms with Gasteiger partial charge in [0.2, 0.25) is 0 Å². The van der Waals surface area contributed by atoms with Crippen molar-refractivity contribution in [1.82, 2.24) is 4.57 Å². The maximum absolute atomic E-state index is 13.6. The minimum atomic E-state index is -0.851. The second-order valence-electron chi connectivity index (χ2n) is 7.57. The van der Waals surface area contributed by atoms with E-state index in [0.717, 1.165) is 0 Å². The van der Waals surface area contributed by atoms with E-state index in [1.54, 1.807) is 55.5 Å². The van der Waals surface area contributed by atoms with Gasteiger partial charge in [-0.1, -0.05) is 35.1 Å². The summed E-state index contributed by atoms with van der Waals surface area (Å²) < 4.78 is 17.1. The van der Waals surface area contributed by atoms with Crippen molar-refractivity contribution in [3.8, 4) is 5.75 Å². The van der Waals surface area contributed by atoms with E-state index in [1.807, 2.05) is 0 Å². The topological polar surface area (TPSA) is 96.2 Å². The lowest BCUT2D eigenvalue weighted by atomic mass is 9.95. The van der Waals surface area contributed by atoms with Crippen LogP contribution in [-0.2, 0) is 14.3 Å². The van der Waals surface area contributed by atoms with E-state index in [4.69, 9.17) is 25.8 Å². The van der Waals surface area contributed by atoms with Crippen LogP contribution >= 0.6 is 22.9 Å². The molecule has 2 heterocycles. The summed E-state index contributed by atoms with van der Waals surface area (Å²) in [5.41, 5.74) is 1.95. The van der Waals surface area contributed by atoms with Gasteiger partial charge in [-0.25, -0.2) is 14.6 Å². The van der Waals surface area contributed by atoms with Crippen LogP contribution in [-0.4, -0.2) is 37.8 Å². The Morgan fingerprint density at radius 1 is 1.06 bits per heavy atom. The summed E-state index contributed by atoms with van der Waals surface area (Å²) >= 11 is 7.47. The van der Waals surface area contributed by atoms with Crippen LogP contribution in [0.15, 0.2) is 63.5 Å². The van der Waals surface area contributed by atoms with Crippen LogP contribution in [0, 0.1) is 0 Å². The van der Waals surface area contributed by atoms with Gasteiger partial charge in [-0.2, -0.15) is 0 Å². The molecule has 3 aromatic rings. The van der Waals surface area contributed by atoms with Gasteiger partial charge in [-0.15, -0.1) is 0 Å². The Kier molecular flexibility index (Phi) is 6.90. The highest BCUT2D eigenvalue weighted by molar-refractivity contribution is 7.07. The summed E-state index contributed by atoms with van der Waals surface area (Å²) in [7, 11) is 4.09. The summed E-state index contributed by atoms with van der Waals surface area (Å²) in [6, 6.07) is 10.8. The second kappa shape index (κ2) is 9.89. The van der Waals surface area contributed by atoms with Crippen molar-refractivity contribution < 1.29 is 23.8 Å². The van der Waals surface area contributed by atoms with Crippen molar-refractivity contribution in [3.05, 3.63) is 95.1 Å². The highest BCUT2D eigenvalue weighted by atomic mass is 35.5. The second-order valence-corrected chi connectivity index (χ2v) is 9.02. The molecule has 2 aromatic carbocycles. The first-order chi connectivity index (χ1) is 16.8. The van der Waals surface area contributed by atoms with Crippen molar-refractivity contribution in [1.29, 1.82) is 0 Å². The molecule has 0 radical (unpaired) electrons. The fourth-order valence-corrected chi connectivity index (χ4v) is 5.12. The Bertz CT molecular complexity index is 1540. The molecule has 1 aliphatic heterocycles. The molecule has 35 heavy (non-hydrogen) atoms. The number of fused-ring (bicyclic) bond motifs is 1. The van der Waals surface area contributed by atoms with E-state index >= 15 is 0 Å². The lowest BCUT2D eigenvalue weighted by Gasteiger charge is -2.25. The van der Waals surface area contributed by atoms with E-state index in [1.165, 1.54) is 37.2 Å². The molecule has 0 amide bonds. The zero-order valence-electron chi connectivity index (χ0n) is 19.3. The van der Waals surface area contributed by atoms with Crippen molar-refractivity contribution in [2.24, 2.45) is 4.99 Å². The molecule has 0 bridgehead atoms. The van der Waals surface area contributed by atoms with Crippen LogP contribution in [0.25, 0.3) is 6.08 Å². The molecule has 4 rings (SSSR count). The molecule has 0 N–H and O–H groups in total. The number of hydrogen-bond donors (Lipinski definition) is 0. The van der Waals surface area contributed by atoms with Gasteiger partial charge in [0, 0.05) is 10.6 Å². The number of nitrogens with zero attached hydrogens (tertiary/aromatic N) is 2. The Labute approximate surface area is 209 Å². The van der Waals surface area contributed by atoms with E-state index in [-0.39, 0.29) is 11.1 Å². The Morgan fingerprint density at radius 2 is 1.74 bits per heavy atom. The number of ether oxygens (including phenoxy) is 3. The molecule has 1 atom stereocenters. The van der Waals surface area contributed by atoms with E-state index < -0.39 is 18.0 Å². The van der Waals surface area contributed by atoms with Gasteiger partial charge in [0.15, 0.2) is 4.80 Å². The monoisotopic (exact) mass is 512 g/mol. The Balaban J connectivity index is 1.94. The molecular formula is C25H21ClN2O6S. The van der Waals surface area contributed by atoms with Crippen molar-refractivity contribution >= 4 is 41.0 Å².